The Labute approximate surface area is 153 Å². The van der Waals surface area contributed by atoms with Crippen LogP contribution in [0.25, 0.3) is 16.8 Å². The number of halogens is 2. The van der Waals surface area contributed by atoms with Crippen LogP contribution in [-0.4, -0.2) is 29.6 Å². The maximum Gasteiger partial charge on any atom is 0.314 e. The molecular formula is C17H12ClFN2O4S. The normalized spacial score (nSPS) is 11.5. The van der Waals surface area contributed by atoms with Crippen molar-refractivity contribution in [2.45, 2.75) is 4.90 Å². The number of nitrogens with zero attached hydrogens (tertiary/aromatic N) is 2. The second-order valence-electron chi connectivity index (χ2n) is 5.52. The van der Waals surface area contributed by atoms with E-state index in [9.17, 15) is 22.7 Å². The van der Waals surface area contributed by atoms with E-state index in [1.165, 1.54) is 42.6 Å². The van der Waals surface area contributed by atoms with E-state index < -0.39 is 27.0 Å². The van der Waals surface area contributed by atoms with Crippen molar-refractivity contribution >= 4 is 21.4 Å². The van der Waals surface area contributed by atoms with Crippen molar-refractivity contribution in [2.75, 3.05) is 6.26 Å². The van der Waals surface area contributed by atoms with Crippen LogP contribution in [0.5, 0.6) is 5.75 Å². The molecule has 0 unspecified atom stereocenters. The lowest BCUT2D eigenvalue weighted by molar-refractivity contribution is 0.461. The molecule has 6 nitrogen and oxygen atoms in total. The number of aromatic hydroxyl groups is 1. The molecule has 0 fully saturated rings. The molecule has 2 aromatic carbocycles. The van der Waals surface area contributed by atoms with Crippen molar-refractivity contribution in [1.82, 2.24) is 9.78 Å². The fourth-order valence-corrected chi connectivity index (χ4v) is 3.14. The van der Waals surface area contributed by atoms with Gasteiger partial charge in [0.05, 0.1) is 21.8 Å². The maximum absolute atomic E-state index is 13.3. The summed E-state index contributed by atoms with van der Waals surface area (Å²) in [5, 5.41) is 14.0. The summed E-state index contributed by atoms with van der Waals surface area (Å²) in [7, 11) is -3.36. The highest BCUT2D eigenvalue weighted by atomic mass is 35.5. The molecule has 0 atom stereocenters. The van der Waals surface area contributed by atoms with Crippen LogP contribution in [-0.2, 0) is 9.84 Å². The van der Waals surface area contributed by atoms with E-state index in [1.807, 2.05) is 0 Å². The van der Waals surface area contributed by atoms with Gasteiger partial charge in [-0.1, -0.05) is 23.7 Å². The van der Waals surface area contributed by atoms with Gasteiger partial charge in [0.15, 0.2) is 15.6 Å². The molecule has 0 saturated heterocycles. The molecular weight excluding hydrogens is 383 g/mol. The fraction of sp³-hybridized carbons (Fsp3) is 0.0588. The predicted molar refractivity (Wildman–Crippen MR) is 95.0 cm³/mol. The van der Waals surface area contributed by atoms with Crippen molar-refractivity contribution in [1.29, 1.82) is 0 Å². The van der Waals surface area contributed by atoms with Crippen molar-refractivity contribution in [3.05, 3.63) is 69.9 Å². The van der Waals surface area contributed by atoms with Crippen LogP contribution in [0.1, 0.15) is 0 Å². The summed E-state index contributed by atoms with van der Waals surface area (Å²) in [5.41, 5.74) is -0.0728. The van der Waals surface area contributed by atoms with Gasteiger partial charge in [-0.3, -0.25) is 4.79 Å². The average molecular weight is 395 g/mol. The van der Waals surface area contributed by atoms with Gasteiger partial charge in [0.2, 0.25) is 0 Å². The number of hydrogen-bond acceptors (Lipinski definition) is 5. The molecule has 9 heteroatoms. The van der Waals surface area contributed by atoms with Crippen LogP contribution < -0.4 is 5.56 Å². The van der Waals surface area contributed by atoms with Crippen molar-refractivity contribution in [3.8, 4) is 22.6 Å². The first kappa shape index (κ1) is 18.1. The van der Waals surface area contributed by atoms with Gasteiger partial charge in [-0.25, -0.2) is 12.8 Å². The molecule has 0 bridgehead atoms. The number of sulfone groups is 1. The Morgan fingerprint density at radius 2 is 1.81 bits per heavy atom. The van der Waals surface area contributed by atoms with Crippen LogP contribution in [0.3, 0.4) is 0 Å². The van der Waals surface area contributed by atoms with Gasteiger partial charge in [0, 0.05) is 11.8 Å². The highest BCUT2D eigenvalue weighted by Crippen LogP contribution is 2.27. The first-order valence-corrected chi connectivity index (χ1v) is 9.52. The Kier molecular flexibility index (Phi) is 4.55. The lowest BCUT2D eigenvalue weighted by Gasteiger charge is -2.09. The zero-order chi connectivity index (χ0) is 19.1. The molecule has 0 aliphatic heterocycles. The van der Waals surface area contributed by atoms with Crippen LogP contribution in [0, 0.1) is 5.82 Å². The Morgan fingerprint density at radius 1 is 1.15 bits per heavy atom. The van der Waals surface area contributed by atoms with Crippen molar-refractivity contribution in [3.63, 3.8) is 0 Å². The van der Waals surface area contributed by atoms with Crippen LogP contribution in [0.15, 0.2) is 58.4 Å². The Balaban J connectivity index is 2.08. The summed E-state index contributed by atoms with van der Waals surface area (Å²) >= 11 is 5.70. The van der Waals surface area contributed by atoms with E-state index in [1.54, 1.807) is 0 Å². The quantitative estimate of drug-likeness (QED) is 0.737. The van der Waals surface area contributed by atoms with E-state index in [4.69, 9.17) is 11.6 Å². The van der Waals surface area contributed by atoms with Crippen LogP contribution in [0.4, 0.5) is 4.39 Å². The molecule has 0 radical (unpaired) electrons. The lowest BCUT2D eigenvalue weighted by Crippen LogP contribution is -2.21. The third-order valence-electron chi connectivity index (χ3n) is 3.69. The predicted octanol–water partition coefficient (Wildman–Crippen LogP) is 2.80. The molecule has 1 heterocycles. The van der Waals surface area contributed by atoms with E-state index in [2.05, 4.69) is 5.10 Å². The summed E-state index contributed by atoms with van der Waals surface area (Å²) in [5.74, 6) is -1.22. The van der Waals surface area contributed by atoms with E-state index in [0.717, 1.165) is 17.0 Å². The lowest BCUT2D eigenvalue weighted by atomic mass is 10.1. The molecule has 0 aliphatic carbocycles. The molecule has 1 N–H and O–H groups in total. The molecule has 0 spiro atoms. The summed E-state index contributed by atoms with van der Waals surface area (Å²) in [6.45, 7) is 0. The molecule has 134 valence electrons. The smallest absolute Gasteiger partial charge is 0.314 e. The molecule has 26 heavy (non-hydrogen) atoms. The summed E-state index contributed by atoms with van der Waals surface area (Å²) in [6.07, 6.45) is 2.33. The van der Waals surface area contributed by atoms with Gasteiger partial charge in [0.1, 0.15) is 5.82 Å². The van der Waals surface area contributed by atoms with Crippen molar-refractivity contribution < 1.29 is 17.9 Å². The van der Waals surface area contributed by atoms with Gasteiger partial charge in [0.25, 0.3) is 0 Å². The SMILES string of the molecule is CS(=O)(=O)c1ccc(-c2cnn(-c3ccc(F)c(Cl)c3)c(=O)c2O)cc1. The molecule has 3 rings (SSSR count). The first-order chi connectivity index (χ1) is 12.2. The summed E-state index contributed by atoms with van der Waals surface area (Å²) < 4.78 is 37.2. The zero-order valence-corrected chi connectivity index (χ0v) is 14.9. The van der Waals surface area contributed by atoms with Crippen molar-refractivity contribution in [2.24, 2.45) is 0 Å². The van der Waals surface area contributed by atoms with Gasteiger partial charge < -0.3 is 5.11 Å². The second-order valence-corrected chi connectivity index (χ2v) is 7.94. The monoisotopic (exact) mass is 394 g/mol. The number of rotatable bonds is 3. The number of aromatic nitrogens is 2. The second kappa shape index (κ2) is 6.54. The zero-order valence-electron chi connectivity index (χ0n) is 13.3. The Morgan fingerprint density at radius 3 is 2.38 bits per heavy atom. The number of hydrogen-bond donors (Lipinski definition) is 1. The molecule has 0 amide bonds. The maximum atomic E-state index is 13.3. The highest BCUT2D eigenvalue weighted by molar-refractivity contribution is 7.90. The molecule has 1 aromatic heterocycles. The topological polar surface area (TPSA) is 89.3 Å². The van der Waals surface area contributed by atoms with Gasteiger partial charge in [-0.2, -0.15) is 9.78 Å². The molecule has 0 saturated carbocycles. The minimum absolute atomic E-state index is 0.114. The third kappa shape index (κ3) is 3.33. The largest absolute Gasteiger partial charge is 0.503 e. The number of benzene rings is 2. The van der Waals surface area contributed by atoms with Crippen LogP contribution in [0.2, 0.25) is 5.02 Å². The third-order valence-corrected chi connectivity index (χ3v) is 5.11. The molecule has 0 aliphatic rings. The fourth-order valence-electron chi connectivity index (χ4n) is 2.34. The Hall–Kier alpha value is -2.71. The van der Waals surface area contributed by atoms with Crippen LogP contribution >= 0.6 is 11.6 Å². The first-order valence-electron chi connectivity index (χ1n) is 7.25. The van der Waals surface area contributed by atoms with Gasteiger partial charge in [-0.05, 0) is 35.9 Å². The van der Waals surface area contributed by atoms with E-state index >= 15 is 0 Å². The van der Waals surface area contributed by atoms with Gasteiger partial charge in [-0.15, -0.1) is 0 Å². The average Bonchev–Trinajstić information content (AvgIpc) is 2.59. The van der Waals surface area contributed by atoms with E-state index in [-0.39, 0.29) is 21.2 Å². The Bertz CT molecular complexity index is 1160. The molecule has 3 aromatic rings. The summed E-state index contributed by atoms with van der Waals surface area (Å²) in [6, 6.07) is 9.27. The van der Waals surface area contributed by atoms with Gasteiger partial charge >= 0.3 is 5.56 Å². The summed E-state index contributed by atoms with van der Waals surface area (Å²) in [4.78, 5) is 12.5. The minimum atomic E-state index is -3.36. The van der Waals surface area contributed by atoms with E-state index in [0.29, 0.717) is 5.56 Å². The highest BCUT2D eigenvalue weighted by Gasteiger charge is 2.15. The standard InChI is InChI=1S/C17H12ClFN2O4S/c1-26(24,25)12-5-2-10(3-6-12)13-9-20-21(17(23)16(13)22)11-4-7-15(19)14(18)8-11/h2-9,22H,1H3. The minimum Gasteiger partial charge on any atom is -0.503 e.